The summed E-state index contributed by atoms with van der Waals surface area (Å²) in [6, 6.07) is 24.0. The highest BCUT2D eigenvalue weighted by Crippen LogP contribution is 2.44. The minimum absolute atomic E-state index is 0.0294. The van der Waals surface area contributed by atoms with Gasteiger partial charge in [0, 0.05) is 62.3 Å². The number of fused-ring (bicyclic) bond motifs is 1. The van der Waals surface area contributed by atoms with E-state index in [2.05, 4.69) is 45.5 Å². The molecule has 45 heavy (non-hydrogen) atoms. The Morgan fingerprint density at radius 3 is 2.49 bits per heavy atom. The summed E-state index contributed by atoms with van der Waals surface area (Å²) < 4.78 is 15.2. The molecule has 4 heterocycles. The SMILES string of the molecule is CC(C)(C)[S@@](=O)N1Cc2cc(C(=O)N[C@H]3CCN(Cc4ccccc4)C3)nc(-c3cccc(-c4ccncc4)c3)c2[C@H]1CCO. The molecule has 1 amide bonds. The number of hydrogen-bond acceptors (Lipinski definition) is 6. The maximum absolute atomic E-state index is 13.8. The fourth-order valence-corrected chi connectivity index (χ4v) is 7.79. The topological polar surface area (TPSA) is 98.7 Å². The van der Waals surface area contributed by atoms with Crippen molar-refractivity contribution in [2.24, 2.45) is 0 Å². The summed E-state index contributed by atoms with van der Waals surface area (Å²) in [4.78, 5) is 25.3. The number of aromatic nitrogens is 2. The number of pyridine rings is 2. The average Bonchev–Trinajstić information content (AvgIpc) is 3.64. The molecule has 234 valence electrons. The van der Waals surface area contributed by atoms with Crippen LogP contribution in [0.5, 0.6) is 0 Å². The van der Waals surface area contributed by atoms with E-state index in [1.807, 2.05) is 67.5 Å². The number of nitrogens with one attached hydrogen (secondary N) is 1. The molecule has 2 aliphatic heterocycles. The smallest absolute Gasteiger partial charge is 0.270 e. The number of nitrogens with zero attached hydrogens (tertiary/aromatic N) is 4. The molecule has 3 atom stereocenters. The van der Waals surface area contributed by atoms with Crippen LogP contribution in [-0.2, 0) is 24.1 Å². The molecule has 0 radical (unpaired) electrons. The quantitative estimate of drug-likeness (QED) is 0.255. The number of benzene rings is 2. The molecule has 6 rings (SSSR count). The summed E-state index contributed by atoms with van der Waals surface area (Å²) in [5, 5.41) is 13.4. The maximum Gasteiger partial charge on any atom is 0.270 e. The standard InChI is InChI=1S/C36H41N5O3S/c1-36(2,3)45(44)41-23-29-21-31(35(43)38-30-14-18-40(24-30)22-25-8-5-4-6-9-25)39-34(33(29)32(41)15-19-42)28-11-7-10-27(20-28)26-12-16-37-17-13-26/h4-13,16-17,20-21,30,32,42H,14-15,18-19,22-24H2,1-3H3,(H,38,43)/t30-,32+,45+/m0/s1. The Balaban J connectivity index is 1.34. The highest BCUT2D eigenvalue weighted by Gasteiger charge is 2.40. The summed E-state index contributed by atoms with van der Waals surface area (Å²) in [6.07, 6.45) is 4.83. The second kappa shape index (κ2) is 13.3. The number of aliphatic hydroxyl groups excluding tert-OH is 1. The zero-order valence-corrected chi connectivity index (χ0v) is 27.0. The predicted molar refractivity (Wildman–Crippen MR) is 178 cm³/mol. The first-order valence-corrected chi connectivity index (χ1v) is 16.7. The van der Waals surface area contributed by atoms with Gasteiger partial charge in [0.25, 0.3) is 5.91 Å². The van der Waals surface area contributed by atoms with Gasteiger partial charge in [-0.15, -0.1) is 0 Å². The van der Waals surface area contributed by atoms with Crippen molar-refractivity contribution in [3.63, 3.8) is 0 Å². The molecule has 1 saturated heterocycles. The largest absolute Gasteiger partial charge is 0.396 e. The summed E-state index contributed by atoms with van der Waals surface area (Å²) in [5.41, 5.74) is 7.07. The fourth-order valence-electron chi connectivity index (χ4n) is 6.39. The lowest BCUT2D eigenvalue weighted by Crippen LogP contribution is -2.37. The van der Waals surface area contributed by atoms with Crippen LogP contribution in [0, 0.1) is 0 Å². The van der Waals surface area contributed by atoms with Gasteiger partial charge in [0.05, 0.1) is 16.5 Å². The average molecular weight is 624 g/mol. The van der Waals surface area contributed by atoms with Gasteiger partial charge in [0.15, 0.2) is 0 Å². The molecule has 9 heteroatoms. The van der Waals surface area contributed by atoms with Crippen molar-refractivity contribution in [1.82, 2.24) is 24.5 Å². The van der Waals surface area contributed by atoms with Crippen LogP contribution < -0.4 is 5.32 Å². The van der Waals surface area contributed by atoms with Gasteiger partial charge in [0.1, 0.15) is 16.7 Å². The molecule has 0 spiro atoms. The minimum Gasteiger partial charge on any atom is -0.396 e. The Hall–Kier alpha value is -3.76. The Bertz CT molecular complexity index is 1680. The molecule has 2 aromatic heterocycles. The van der Waals surface area contributed by atoms with Crippen molar-refractivity contribution in [3.8, 4) is 22.4 Å². The third-order valence-electron chi connectivity index (χ3n) is 8.53. The third kappa shape index (κ3) is 6.92. The first-order valence-electron chi connectivity index (χ1n) is 15.6. The highest BCUT2D eigenvalue weighted by molar-refractivity contribution is 7.84. The van der Waals surface area contributed by atoms with Crippen LogP contribution >= 0.6 is 0 Å². The van der Waals surface area contributed by atoms with Gasteiger partial charge in [-0.25, -0.2) is 13.5 Å². The van der Waals surface area contributed by atoms with E-state index >= 15 is 0 Å². The van der Waals surface area contributed by atoms with E-state index in [1.54, 1.807) is 12.4 Å². The summed E-state index contributed by atoms with van der Waals surface area (Å²) in [7, 11) is -1.33. The number of aliphatic hydroxyl groups is 1. The van der Waals surface area contributed by atoms with E-state index in [-0.39, 0.29) is 24.6 Å². The van der Waals surface area contributed by atoms with Crippen molar-refractivity contribution in [3.05, 3.63) is 108 Å². The number of likely N-dealkylation sites (tertiary alicyclic amines) is 1. The Kier molecular flexibility index (Phi) is 9.23. The van der Waals surface area contributed by atoms with Crippen LogP contribution in [0.1, 0.15) is 66.8 Å². The Morgan fingerprint density at radius 1 is 1.00 bits per heavy atom. The van der Waals surface area contributed by atoms with Crippen molar-refractivity contribution in [1.29, 1.82) is 0 Å². The maximum atomic E-state index is 13.8. The van der Waals surface area contributed by atoms with Crippen molar-refractivity contribution in [2.75, 3.05) is 19.7 Å². The van der Waals surface area contributed by atoms with Crippen LogP contribution in [0.3, 0.4) is 0 Å². The molecule has 2 N–H and O–H groups in total. The normalized spacial score (nSPS) is 19.4. The van der Waals surface area contributed by atoms with Gasteiger partial charge in [-0.05, 0) is 80.1 Å². The monoisotopic (exact) mass is 623 g/mol. The van der Waals surface area contributed by atoms with Gasteiger partial charge in [0.2, 0.25) is 0 Å². The molecular formula is C36H41N5O3S. The second-order valence-corrected chi connectivity index (χ2v) is 15.1. The molecule has 0 unspecified atom stereocenters. The molecule has 1 fully saturated rings. The van der Waals surface area contributed by atoms with Crippen molar-refractivity contribution >= 4 is 16.9 Å². The van der Waals surface area contributed by atoms with Crippen LogP contribution in [0.15, 0.2) is 85.2 Å². The summed E-state index contributed by atoms with van der Waals surface area (Å²) in [5.74, 6) is -0.204. The number of hydrogen-bond donors (Lipinski definition) is 2. The minimum atomic E-state index is -1.33. The zero-order chi connectivity index (χ0) is 31.6. The van der Waals surface area contributed by atoms with E-state index in [1.165, 1.54) is 5.56 Å². The molecule has 4 aromatic rings. The Labute approximate surface area is 268 Å². The Morgan fingerprint density at radius 2 is 1.76 bits per heavy atom. The summed E-state index contributed by atoms with van der Waals surface area (Å²) >= 11 is 0. The lowest BCUT2D eigenvalue weighted by molar-refractivity contribution is 0.0932. The van der Waals surface area contributed by atoms with Gasteiger partial charge in [-0.2, -0.15) is 0 Å². The van der Waals surface area contributed by atoms with Crippen LogP contribution in [0.25, 0.3) is 22.4 Å². The lowest BCUT2D eigenvalue weighted by Gasteiger charge is -2.30. The van der Waals surface area contributed by atoms with Crippen molar-refractivity contribution in [2.45, 2.75) is 63.5 Å². The molecule has 0 bridgehead atoms. The molecule has 0 aliphatic carbocycles. The van der Waals surface area contributed by atoms with E-state index < -0.39 is 15.7 Å². The van der Waals surface area contributed by atoms with Crippen molar-refractivity contribution < 1.29 is 14.1 Å². The molecule has 0 saturated carbocycles. The van der Waals surface area contributed by atoms with Crippen LogP contribution in [0.4, 0.5) is 0 Å². The highest BCUT2D eigenvalue weighted by atomic mass is 32.2. The molecule has 2 aliphatic rings. The zero-order valence-electron chi connectivity index (χ0n) is 26.1. The fraction of sp³-hybridized carbons (Fsp3) is 0.361. The lowest BCUT2D eigenvalue weighted by atomic mass is 9.94. The number of amides is 1. The second-order valence-electron chi connectivity index (χ2n) is 12.9. The first kappa shape index (κ1) is 31.2. The van der Waals surface area contributed by atoms with E-state index in [4.69, 9.17) is 4.98 Å². The number of rotatable bonds is 9. The number of carbonyl (C=O) groups is 1. The van der Waals surface area contributed by atoms with E-state index in [0.717, 1.165) is 53.9 Å². The molecule has 8 nitrogen and oxygen atoms in total. The van der Waals surface area contributed by atoms with Gasteiger partial charge in [-0.1, -0.05) is 48.5 Å². The van der Waals surface area contributed by atoms with Crippen LogP contribution in [0.2, 0.25) is 0 Å². The van der Waals surface area contributed by atoms with E-state index in [9.17, 15) is 14.1 Å². The molecule has 2 aromatic carbocycles. The van der Waals surface area contributed by atoms with Gasteiger partial charge < -0.3 is 10.4 Å². The predicted octanol–water partition coefficient (Wildman–Crippen LogP) is 5.52. The summed E-state index contributed by atoms with van der Waals surface area (Å²) in [6.45, 7) is 8.79. The van der Waals surface area contributed by atoms with Gasteiger partial charge in [-0.3, -0.25) is 14.7 Å². The third-order valence-corrected chi connectivity index (χ3v) is 10.4. The molecular weight excluding hydrogens is 582 g/mol. The van der Waals surface area contributed by atoms with E-state index in [0.29, 0.717) is 24.4 Å². The van der Waals surface area contributed by atoms with Gasteiger partial charge >= 0.3 is 0 Å². The number of carbonyl (C=O) groups excluding carboxylic acids is 1. The van der Waals surface area contributed by atoms with Crippen LogP contribution in [-0.4, -0.2) is 64.9 Å². The first-order chi connectivity index (χ1) is 21.7.